The van der Waals surface area contributed by atoms with Crippen molar-refractivity contribution in [2.75, 3.05) is 14.1 Å². The fourth-order valence-electron chi connectivity index (χ4n) is 1.64. The molecule has 18 heavy (non-hydrogen) atoms. The van der Waals surface area contributed by atoms with E-state index in [4.69, 9.17) is 0 Å². The normalized spacial score (nSPS) is 11.3. The summed E-state index contributed by atoms with van der Waals surface area (Å²) < 4.78 is 0. The maximum absolute atomic E-state index is 4.66. The Morgan fingerprint density at radius 2 is 1.72 bits per heavy atom. The van der Waals surface area contributed by atoms with Crippen molar-refractivity contribution >= 4 is 11.5 Å². The number of rotatable bonds is 3. The van der Waals surface area contributed by atoms with Gasteiger partial charge < -0.3 is 4.90 Å². The second-order valence-electron chi connectivity index (χ2n) is 4.29. The van der Waals surface area contributed by atoms with E-state index in [2.05, 4.69) is 34.2 Å². The highest BCUT2D eigenvalue weighted by molar-refractivity contribution is 5.86. The van der Waals surface area contributed by atoms with Crippen LogP contribution in [0.25, 0.3) is 0 Å². The van der Waals surface area contributed by atoms with Gasteiger partial charge in [0.05, 0.1) is 5.69 Å². The minimum Gasteiger partial charge on any atom is -0.366 e. The van der Waals surface area contributed by atoms with Crippen LogP contribution in [0, 0.1) is 0 Å². The molecule has 0 N–H and O–H groups in total. The molecule has 0 aliphatic rings. The number of amidine groups is 1. The first-order valence-corrected chi connectivity index (χ1v) is 5.94. The number of aliphatic imine (C=N–C) groups is 1. The molecule has 0 radical (unpaired) electrons. The third kappa shape index (κ3) is 3.42. The summed E-state index contributed by atoms with van der Waals surface area (Å²) in [6, 6.07) is 14.2. The predicted octanol–water partition coefficient (Wildman–Crippen LogP) is 2.92. The van der Waals surface area contributed by atoms with E-state index in [1.807, 2.05) is 37.2 Å². The lowest BCUT2D eigenvalue weighted by atomic mass is 10.1. The van der Waals surface area contributed by atoms with E-state index in [0.717, 1.165) is 17.9 Å². The van der Waals surface area contributed by atoms with Gasteiger partial charge in [-0.15, -0.1) is 0 Å². The monoisotopic (exact) mass is 239 g/mol. The zero-order valence-electron chi connectivity index (χ0n) is 10.7. The van der Waals surface area contributed by atoms with Crippen LogP contribution in [0.15, 0.2) is 59.9 Å². The highest BCUT2D eigenvalue weighted by Gasteiger charge is 2.04. The Morgan fingerprint density at radius 3 is 2.33 bits per heavy atom. The summed E-state index contributed by atoms with van der Waals surface area (Å²) in [5.41, 5.74) is 2.20. The van der Waals surface area contributed by atoms with Gasteiger partial charge in [0.25, 0.3) is 0 Å². The van der Waals surface area contributed by atoms with Gasteiger partial charge in [0.15, 0.2) is 0 Å². The molecule has 0 fully saturated rings. The van der Waals surface area contributed by atoms with Crippen LogP contribution in [0.1, 0.15) is 5.56 Å². The number of likely N-dealkylation sites (N-methyl/N-ethyl adjacent to an activating group) is 1. The van der Waals surface area contributed by atoms with Crippen molar-refractivity contribution in [2.45, 2.75) is 6.42 Å². The lowest BCUT2D eigenvalue weighted by Crippen LogP contribution is -2.23. The van der Waals surface area contributed by atoms with Gasteiger partial charge in [0.2, 0.25) is 0 Å². The molecule has 1 aromatic carbocycles. The van der Waals surface area contributed by atoms with Crippen LogP contribution < -0.4 is 0 Å². The largest absolute Gasteiger partial charge is 0.366 e. The third-order valence-corrected chi connectivity index (χ3v) is 2.64. The molecule has 0 unspecified atom stereocenters. The van der Waals surface area contributed by atoms with Gasteiger partial charge in [-0.3, -0.25) is 4.98 Å². The van der Waals surface area contributed by atoms with Gasteiger partial charge in [-0.1, -0.05) is 30.3 Å². The van der Waals surface area contributed by atoms with Crippen LogP contribution in [0.2, 0.25) is 0 Å². The fourth-order valence-corrected chi connectivity index (χ4v) is 1.64. The molecule has 1 heterocycles. The first kappa shape index (κ1) is 12.3. The average molecular weight is 239 g/mol. The molecule has 0 amide bonds. The molecule has 0 atom stereocenters. The Bertz CT molecular complexity index is 504. The van der Waals surface area contributed by atoms with Crippen LogP contribution in [0.5, 0.6) is 0 Å². The summed E-state index contributed by atoms with van der Waals surface area (Å²) in [6.07, 6.45) is 4.35. The van der Waals surface area contributed by atoms with E-state index in [0.29, 0.717) is 0 Å². The van der Waals surface area contributed by atoms with E-state index in [9.17, 15) is 0 Å². The van der Waals surface area contributed by atoms with Gasteiger partial charge in [-0.2, -0.15) is 0 Å². The SMILES string of the molecule is CN(C)C(Cc1ccccc1)=Nc1ccncc1. The standard InChI is InChI=1S/C15H17N3/c1-18(2)15(12-13-6-4-3-5-7-13)17-14-8-10-16-11-9-14/h3-11H,12H2,1-2H3. The number of hydrogen-bond donors (Lipinski definition) is 0. The molecule has 0 saturated heterocycles. The summed E-state index contributed by atoms with van der Waals surface area (Å²) >= 11 is 0. The van der Waals surface area contributed by atoms with Crippen LogP contribution in [0.3, 0.4) is 0 Å². The van der Waals surface area contributed by atoms with Crippen molar-refractivity contribution < 1.29 is 0 Å². The van der Waals surface area contributed by atoms with E-state index in [-0.39, 0.29) is 0 Å². The van der Waals surface area contributed by atoms with Crippen molar-refractivity contribution in [3.8, 4) is 0 Å². The maximum atomic E-state index is 4.66. The van der Waals surface area contributed by atoms with Crippen LogP contribution in [-0.2, 0) is 6.42 Å². The average Bonchev–Trinajstić information content (AvgIpc) is 2.40. The van der Waals surface area contributed by atoms with E-state index in [1.54, 1.807) is 12.4 Å². The van der Waals surface area contributed by atoms with Gasteiger partial charge in [-0.25, -0.2) is 4.99 Å². The van der Waals surface area contributed by atoms with Gasteiger partial charge in [0, 0.05) is 32.9 Å². The first-order chi connectivity index (χ1) is 8.75. The maximum Gasteiger partial charge on any atom is 0.109 e. The Morgan fingerprint density at radius 1 is 1.06 bits per heavy atom. The fraction of sp³-hybridized carbons (Fsp3) is 0.200. The molecule has 0 saturated carbocycles. The molecule has 0 bridgehead atoms. The Kier molecular flexibility index (Phi) is 4.07. The summed E-state index contributed by atoms with van der Waals surface area (Å²) in [4.78, 5) is 10.7. The zero-order chi connectivity index (χ0) is 12.8. The number of aromatic nitrogens is 1. The smallest absolute Gasteiger partial charge is 0.109 e. The number of benzene rings is 1. The molecule has 92 valence electrons. The molecule has 1 aromatic heterocycles. The van der Waals surface area contributed by atoms with E-state index in [1.165, 1.54) is 5.56 Å². The molecule has 0 spiro atoms. The summed E-state index contributed by atoms with van der Waals surface area (Å²) in [7, 11) is 4.03. The minimum absolute atomic E-state index is 0.830. The Hall–Kier alpha value is -2.16. The summed E-state index contributed by atoms with van der Waals surface area (Å²) in [5, 5.41) is 0. The minimum atomic E-state index is 0.830. The number of hydrogen-bond acceptors (Lipinski definition) is 2. The van der Waals surface area contributed by atoms with Crippen molar-refractivity contribution in [3.05, 3.63) is 60.4 Å². The highest BCUT2D eigenvalue weighted by Crippen LogP contribution is 2.11. The van der Waals surface area contributed by atoms with Gasteiger partial charge in [-0.05, 0) is 17.7 Å². The number of nitrogens with zero attached hydrogens (tertiary/aromatic N) is 3. The van der Waals surface area contributed by atoms with E-state index >= 15 is 0 Å². The second-order valence-corrected chi connectivity index (χ2v) is 4.29. The topological polar surface area (TPSA) is 28.5 Å². The molecule has 2 rings (SSSR count). The third-order valence-electron chi connectivity index (χ3n) is 2.64. The first-order valence-electron chi connectivity index (χ1n) is 5.94. The van der Waals surface area contributed by atoms with Crippen molar-refractivity contribution in [3.63, 3.8) is 0 Å². The number of pyridine rings is 1. The summed E-state index contributed by atoms with van der Waals surface area (Å²) in [5.74, 6) is 1.03. The van der Waals surface area contributed by atoms with Crippen LogP contribution >= 0.6 is 0 Å². The molecule has 3 nitrogen and oxygen atoms in total. The van der Waals surface area contributed by atoms with Gasteiger partial charge in [0.1, 0.15) is 5.84 Å². The molecule has 0 aliphatic carbocycles. The molecule has 3 heteroatoms. The van der Waals surface area contributed by atoms with Crippen LogP contribution in [0.4, 0.5) is 5.69 Å². The highest BCUT2D eigenvalue weighted by atomic mass is 15.1. The van der Waals surface area contributed by atoms with Crippen molar-refractivity contribution in [2.24, 2.45) is 4.99 Å². The summed E-state index contributed by atoms with van der Waals surface area (Å²) in [6.45, 7) is 0. The van der Waals surface area contributed by atoms with Crippen molar-refractivity contribution in [1.29, 1.82) is 0 Å². The molecular formula is C15H17N3. The lowest BCUT2D eigenvalue weighted by Gasteiger charge is -2.16. The zero-order valence-corrected chi connectivity index (χ0v) is 10.7. The Balaban J connectivity index is 2.22. The lowest BCUT2D eigenvalue weighted by molar-refractivity contribution is 0.610. The Labute approximate surface area is 108 Å². The van der Waals surface area contributed by atoms with E-state index < -0.39 is 0 Å². The van der Waals surface area contributed by atoms with Gasteiger partial charge >= 0.3 is 0 Å². The van der Waals surface area contributed by atoms with Crippen LogP contribution in [-0.4, -0.2) is 29.8 Å². The van der Waals surface area contributed by atoms with Crippen molar-refractivity contribution in [1.82, 2.24) is 9.88 Å². The second kappa shape index (κ2) is 5.96. The quantitative estimate of drug-likeness (QED) is 0.608. The molecular weight excluding hydrogens is 222 g/mol. The molecule has 0 aliphatic heterocycles. The predicted molar refractivity (Wildman–Crippen MR) is 75.2 cm³/mol. The molecule has 2 aromatic rings.